The van der Waals surface area contributed by atoms with Gasteiger partial charge in [0.05, 0.1) is 12.2 Å². The average molecular weight is 243 g/mol. The Morgan fingerprint density at radius 1 is 1.44 bits per heavy atom. The fourth-order valence-corrected chi connectivity index (χ4v) is 1.34. The highest BCUT2D eigenvalue weighted by molar-refractivity contribution is 6.31. The van der Waals surface area contributed by atoms with Crippen LogP contribution in [0.15, 0.2) is 18.2 Å². The second-order valence-corrected chi connectivity index (χ2v) is 4.87. The summed E-state index contributed by atoms with van der Waals surface area (Å²) in [5.41, 5.74) is 0.379. The molecule has 0 unspecified atom stereocenters. The molecular formula is C12H15ClO3. The molecule has 1 aromatic rings. The van der Waals surface area contributed by atoms with Crippen molar-refractivity contribution in [3.8, 4) is 0 Å². The summed E-state index contributed by atoms with van der Waals surface area (Å²) in [4.78, 5) is 11.7. The average Bonchev–Trinajstić information content (AvgIpc) is 2.15. The van der Waals surface area contributed by atoms with Crippen molar-refractivity contribution in [2.24, 2.45) is 0 Å². The molecule has 0 aromatic heterocycles. The van der Waals surface area contributed by atoms with E-state index in [-0.39, 0.29) is 6.61 Å². The van der Waals surface area contributed by atoms with E-state index < -0.39 is 11.6 Å². The van der Waals surface area contributed by atoms with Crippen LogP contribution in [0, 0.1) is 0 Å². The molecule has 0 spiro atoms. The van der Waals surface area contributed by atoms with Gasteiger partial charge in [0.25, 0.3) is 0 Å². The first kappa shape index (κ1) is 13.0. The van der Waals surface area contributed by atoms with Crippen LogP contribution in [0.2, 0.25) is 5.02 Å². The third-order valence-corrected chi connectivity index (χ3v) is 2.22. The maximum atomic E-state index is 11.7. The summed E-state index contributed by atoms with van der Waals surface area (Å²) in [6.45, 7) is 5.20. The maximum Gasteiger partial charge on any atom is 0.338 e. The molecule has 0 aliphatic carbocycles. The van der Waals surface area contributed by atoms with Crippen LogP contribution in [0.25, 0.3) is 0 Å². The summed E-state index contributed by atoms with van der Waals surface area (Å²) in [7, 11) is 0. The lowest BCUT2D eigenvalue weighted by atomic mass is 10.1. The zero-order chi connectivity index (χ0) is 12.3. The monoisotopic (exact) mass is 242 g/mol. The summed E-state index contributed by atoms with van der Waals surface area (Å²) < 4.78 is 5.20. The summed E-state index contributed by atoms with van der Waals surface area (Å²) in [5.74, 6) is -0.418. The van der Waals surface area contributed by atoms with Crippen LogP contribution in [0.1, 0.15) is 36.7 Å². The van der Waals surface area contributed by atoms with Gasteiger partial charge in [-0.1, -0.05) is 11.6 Å². The van der Waals surface area contributed by atoms with Crippen LogP contribution < -0.4 is 0 Å². The number of carbonyl (C=O) groups is 1. The van der Waals surface area contributed by atoms with E-state index >= 15 is 0 Å². The predicted molar refractivity (Wildman–Crippen MR) is 62.5 cm³/mol. The highest BCUT2D eigenvalue weighted by Crippen LogP contribution is 2.19. The Hall–Kier alpha value is -1.06. The molecule has 0 aliphatic rings. The van der Waals surface area contributed by atoms with E-state index in [1.807, 2.05) is 0 Å². The highest BCUT2D eigenvalue weighted by atomic mass is 35.5. The summed E-state index contributed by atoms with van der Waals surface area (Å²) >= 11 is 5.82. The molecule has 0 radical (unpaired) electrons. The molecule has 1 aromatic carbocycles. The zero-order valence-electron chi connectivity index (χ0n) is 9.58. The van der Waals surface area contributed by atoms with Crippen molar-refractivity contribution in [3.05, 3.63) is 34.3 Å². The van der Waals surface area contributed by atoms with Crippen LogP contribution in [0.4, 0.5) is 0 Å². The lowest BCUT2D eigenvalue weighted by Crippen LogP contribution is -2.23. The van der Waals surface area contributed by atoms with E-state index in [1.165, 1.54) is 6.07 Å². The molecule has 0 saturated heterocycles. The molecule has 4 heteroatoms. The van der Waals surface area contributed by atoms with Gasteiger partial charge in [0.1, 0.15) is 5.60 Å². The van der Waals surface area contributed by atoms with Crippen molar-refractivity contribution in [2.75, 3.05) is 0 Å². The number of carbonyl (C=O) groups excluding carboxylic acids is 1. The Morgan fingerprint density at radius 2 is 2.06 bits per heavy atom. The van der Waals surface area contributed by atoms with Gasteiger partial charge in [0.2, 0.25) is 0 Å². The molecule has 1 rings (SSSR count). The van der Waals surface area contributed by atoms with Gasteiger partial charge < -0.3 is 9.84 Å². The van der Waals surface area contributed by atoms with Gasteiger partial charge in [0, 0.05) is 5.02 Å². The standard InChI is InChI=1S/C12H15ClO3/c1-12(2,3)16-11(15)8-4-5-10(13)9(6-8)7-14/h4-6,14H,7H2,1-3H3. The smallest absolute Gasteiger partial charge is 0.338 e. The van der Waals surface area contributed by atoms with E-state index in [0.717, 1.165) is 0 Å². The molecular weight excluding hydrogens is 228 g/mol. The van der Waals surface area contributed by atoms with Gasteiger partial charge in [-0.3, -0.25) is 0 Å². The minimum Gasteiger partial charge on any atom is -0.456 e. The van der Waals surface area contributed by atoms with E-state index in [1.54, 1.807) is 32.9 Å². The molecule has 88 valence electrons. The largest absolute Gasteiger partial charge is 0.456 e. The van der Waals surface area contributed by atoms with Crippen molar-refractivity contribution < 1.29 is 14.6 Å². The fraction of sp³-hybridized carbons (Fsp3) is 0.417. The molecule has 0 atom stereocenters. The molecule has 3 nitrogen and oxygen atoms in total. The van der Waals surface area contributed by atoms with Gasteiger partial charge in [-0.25, -0.2) is 4.79 Å². The summed E-state index contributed by atoms with van der Waals surface area (Å²) in [6.07, 6.45) is 0. The Balaban J connectivity index is 2.93. The van der Waals surface area contributed by atoms with Crippen molar-refractivity contribution in [1.82, 2.24) is 0 Å². The second-order valence-electron chi connectivity index (χ2n) is 4.47. The van der Waals surface area contributed by atoms with Crippen molar-refractivity contribution in [1.29, 1.82) is 0 Å². The molecule has 0 heterocycles. The van der Waals surface area contributed by atoms with Crippen LogP contribution in [0.3, 0.4) is 0 Å². The lowest BCUT2D eigenvalue weighted by molar-refractivity contribution is 0.00694. The van der Waals surface area contributed by atoms with Crippen molar-refractivity contribution in [2.45, 2.75) is 33.0 Å². The zero-order valence-corrected chi connectivity index (χ0v) is 10.3. The molecule has 0 aliphatic heterocycles. The van der Waals surface area contributed by atoms with Crippen LogP contribution in [-0.2, 0) is 11.3 Å². The van der Waals surface area contributed by atoms with Gasteiger partial charge in [-0.05, 0) is 44.5 Å². The van der Waals surface area contributed by atoms with E-state index in [9.17, 15) is 4.79 Å². The normalized spacial score (nSPS) is 11.3. The molecule has 0 saturated carbocycles. The molecule has 0 amide bonds. The third-order valence-electron chi connectivity index (χ3n) is 1.85. The molecule has 0 fully saturated rings. The van der Waals surface area contributed by atoms with E-state index in [0.29, 0.717) is 16.1 Å². The number of aliphatic hydroxyl groups is 1. The lowest BCUT2D eigenvalue weighted by Gasteiger charge is -2.19. The first-order chi connectivity index (χ1) is 7.33. The number of esters is 1. The number of halogens is 1. The molecule has 0 bridgehead atoms. The molecule has 1 N–H and O–H groups in total. The van der Waals surface area contributed by atoms with Crippen LogP contribution >= 0.6 is 11.6 Å². The van der Waals surface area contributed by atoms with E-state index in [2.05, 4.69) is 0 Å². The SMILES string of the molecule is CC(C)(C)OC(=O)c1ccc(Cl)c(CO)c1. The number of hydrogen-bond donors (Lipinski definition) is 1. The second kappa shape index (κ2) is 4.85. The van der Waals surface area contributed by atoms with Gasteiger partial charge in [-0.15, -0.1) is 0 Å². The Morgan fingerprint density at radius 3 is 2.56 bits per heavy atom. The van der Waals surface area contributed by atoms with Crippen LogP contribution in [-0.4, -0.2) is 16.7 Å². The maximum absolute atomic E-state index is 11.7. The molecule has 16 heavy (non-hydrogen) atoms. The highest BCUT2D eigenvalue weighted by Gasteiger charge is 2.18. The van der Waals surface area contributed by atoms with Crippen molar-refractivity contribution >= 4 is 17.6 Å². The number of ether oxygens (including phenoxy) is 1. The first-order valence-corrected chi connectivity index (χ1v) is 5.34. The van der Waals surface area contributed by atoms with Gasteiger partial charge in [-0.2, -0.15) is 0 Å². The fourth-order valence-electron chi connectivity index (χ4n) is 1.16. The number of rotatable bonds is 2. The summed E-state index contributed by atoms with van der Waals surface area (Å²) in [6, 6.07) is 4.69. The third kappa shape index (κ3) is 3.51. The Labute approximate surface area is 100.0 Å². The Bertz CT molecular complexity index is 394. The van der Waals surface area contributed by atoms with E-state index in [4.69, 9.17) is 21.4 Å². The van der Waals surface area contributed by atoms with Crippen molar-refractivity contribution in [3.63, 3.8) is 0 Å². The number of benzene rings is 1. The minimum absolute atomic E-state index is 0.199. The van der Waals surface area contributed by atoms with Gasteiger partial charge in [0.15, 0.2) is 0 Å². The predicted octanol–water partition coefficient (Wildman–Crippen LogP) is 2.79. The van der Waals surface area contributed by atoms with Crippen LogP contribution in [0.5, 0.6) is 0 Å². The number of aliphatic hydroxyl groups excluding tert-OH is 1. The summed E-state index contributed by atoms with van der Waals surface area (Å²) in [5, 5.41) is 9.46. The Kier molecular flexibility index (Phi) is 3.94. The quantitative estimate of drug-likeness (QED) is 0.812. The first-order valence-electron chi connectivity index (χ1n) is 4.96. The topological polar surface area (TPSA) is 46.5 Å². The minimum atomic E-state index is -0.532. The van der Waals surface area contributed by atoms with Gasteiger partial charge >= 0.3 is 5.97 Å². The number of hydrogen-bond acceptors (Lipinski definition) is 3.